The van der Waals surface area contributed by atoms with E-state index in [9.17, 15) is 0 Å². The summed E-state index contributed by atoms with van der Waals surface area (Å²) in [7, 11) is 0. The number of aromatic nitrogens is 3. The summed E-state index contributed by atoms with van der Waals surface area (Å²) < 4.78 is 15.6. The van der Waals surface area contributed by atoms with E-state index in [0.29, 0.717) is 29.8 Å². The van der Waals surface area contributed by atoms with Crippen molar-refractivity contribution < 1.29 is 13.7 Å². The van der Waals surface area contributed by atoms with Gasteiger partial charge in [0.15, 0.2) is 12.1 Å². The summed E-state index contributed by atoms with van der Waals surface area (Å²) in [5, 5.41) is 3.84. The van der Waals surface area contributed by atoms with Crippen LogP contribution in [0.2, 0.25) is 0 Å². The Morgan fingerprint density at radius 2 is 2.35 bits per heavy atom. The van der Waals surface area contributed by atoms with Crippen molar-refractivity contribution in [2.45, 2.75) is 26.4 Å². The second kappa shape index (κ2) is 4.29. The topological polar surface area (TPSA) is 74.2 Å². The maximum Gasteiger partial charge on any atom is 0.253 e. The van der Waals surface area contributed by atoms with E-state index in [2.05, 4.69) is 15.1 Å². The van der Waals surface area contributed by atoms with Gasteiger partial charge in [0.1, 0.15) is 12.4 Å². The minimum Gasteiger partial charge on any atom is -0.448 e. The van der Waals surface area contributed by atoms with Crippen LogP contribution in [0.5, 0.6) is 0 Å². The summed E-state index contributed by atoms with van der Waals surface area (Å²) in [5.41, 5.74) is 0.613. The van der Waals surface area contributed by atoms with Gasteiger partial charge in [0.25, 0.3) is 5.89 Å². The van der Waals surface area contributed by atoms with E-state index in [1.165, 1.54) is 19.2 Å². The van der Waals surface area contributed by atoms with Crippen LogP contribution in [-0.2, 0) is 11.3 Å². The number of ether oxygens (including phenoxy) is 1. The Morgan fingerprint density at radius 3 is 3.06 bits per heavy atom. The van der Waals surface area contributed by atoms with E-state index in [1.807, 2.05) is 6.92 Å². The fourth-order valence-electron chi connectivity index (χ4n) is 1.53. The Kier molecular flexibility index (Phi) is 2.64. The van der Waals surface area contributed by atoms with Gasteiger partial charge in [-0.2, -0.15) is 4.98 Å². The van der Waals surface area contributed by atoms with Crippen molar-refractivity contribution >= 4 is 0 Å². The molecular weight excluding hydrogens is 222 g/mol. The van der Waals surface area contributed by atoms with E-state index in [-0.39, 0.29) is 0 Å². The zero-order valence-corrected chi connectivity index (χ0v) is 9.55. The van der Waals surface area contributed by atoms with Crippen molar-refractivity contribution in [1.82, 2.24) is 15.1 Å². The molecule has 1 aliphatic carbocycles. The monoisotopic (exact) mass is 235 g/mol. The Labute approximate surface area is 98.0 Å². The predicted octanol–water partition coefficient (Wildman–Crippen LogP) is 1.96. The van der Waals surface area contributed by atoms with Gasteiger partial charge in [-0.25, -0.2) is 4.98 Å². The first kappa shape index (κ1) is 10.5. The lowest BCUT2D eigenvalue weighted by molar-refractivity contribution is 0.0894. The highest BCUT2D eigenvalue weighted by Gasteiger charge is 2.21. The van der Waals surface area contributed by atoms with E-state index in [1.54, 1.807) is 0 Å². The Morgan fingerprint density at radius 1 is 1.47 bits per heavy atom. The van der Waals surface area contributed by atoms with Crippen molar-refractivity contribution in [1.29, 1.82) is 0 Å². The van der Waals surface area contributed by atoms with E-state index < -0.39 is 0 Å². The molecule has 0 atom stereocenters. The molecule has 1 aliphatic rings. The number of hydrogen-bond acceptors (Lipinski definition) is 6. The molecule has 2 aromatic heterocycles. The second-order valence-electron chi connectivity index (χ2n) is 4.23. The molecule has 90 valence electrons. The third kappa shape index (κ3) is 2.36. The van der Waals surface area contributed by atoms with Gasteiger partial charge in [0.2, 0.25) is 5.82 Å². The lowest BCUT2D eigenvalue weighted by Gasteiger charge is -1.96. The van der Waals surface area contributed by atoms with E-state index >= 15 is 0 Å². The van der Waals surface area contributed by atoms with Crippen LogP contribution in [0.25, 0.3) is 11.5 Å². The van der Waals surface area contributed by atoms with Crippen molar-refractivity contribution in [2.24, 2.45) is 5.92 Å². The van der Waals surface area contributed by atoms with Crippen LogP contribution >= 0.6 is 0 Å². The molecule has 0 aliphatic heterocycles. The number of rotatable bonds is 5. The summed E-state index contributed by atoms with van der Waals surface area (Å²) >= 11 is 0. The van der Waals surface area contributed by atoms with Gasteiger partial charge in [0.05, 0.1) is 6.61 Å². The quantitative estimate of drug-likeness (QED) is 0.788. The zero-order valence-electron chi connectivity index (χ0n) is 9.55. The average molecular weight is 235 g/mol. The Balaban J connectivity index is 1.63. The molecule has 0 bridgehead atoms. The Bertz CT molecular complexity index is 502. The van der Waals surface area contributed by atoms with Gasteiger partial charge in [-0.05, 0) is 25.7 Å². The largest absolute Gasteiger partial charge is 0.448 e. The molecule has 0 aromatic carbocycles. The van der Waals surface area contributed by atoms with E-state index in [4.69, 9.17) is 13.7 Å². The molecule has 0 N–H and O–H groups in total. The van der Waals surface area contributed by atoms with Gasteiger partial charge >= 0.3 is 0 Å². The molecule has 6 nitrogen and oxygen atoms in total. The minimum atomic E-state index is 0.362. The fraction of sp³-hybridized carbons (Fsp3) is 0.545. The van der Waals surface area contributed by atoms with Crippen LogP contribution < -0.4 is 0 Å². The molecule has 2 heterocycles. The molecule has 0 spiro atoms. The molecule has 0 amide bonds. The van der Waals surface area contributed by atoms with Crippen LogP contribution in [0.15, 0.2) is 15.3 Å². The predicted molar refractivity (Wildman–Crippen MR) is 56.9 cm³/mol. The number of oxazole rings is 1. The summed E-state index contributed by atoms with van der Waals surface area (Å²) in [6.45, 7) is 2.95. The highest BCUT2D eigenvalue weighted by molar-refractivity contribution is 5.49. The number of nitrogens with zero attached hydrogens (tertiary/aromatic N) is 3. The molecule has 17 heavy (non-hydrogen) atoms. The minimum absolute atomic E-state index is 0.362. The summed E-state index contributed by atoms with van der Waals surface area (Å²) in [6.07, 6.45) is 3.91. The summed E-state index contributed by atoms with van der Waals surface area (Å²) in [4.78, 5) is 8.23. The van der Waals surface area contributed by atoms with Gasteiger partial charge in [-0.1, -0.05) is 5.16 Å². The Hall–Kier alpha value is -1.69. The zero-order chi connectivity index (χ0) is 11.7. The molecule has 0 radical (unpaired) electrons. The first-order valence-corrected chi connectivity index (χ1v) is 5.63. The molecule has 2 aromatic rings. The lowest BCUT2D eigenvalue weighted by Crippen LogP contribution is -1.97. The molecular formula is C11H13N3O3. The van der Waals surface area contributed by atoms with Crippen molar-refractivity contribution in [3.63, 3.8) is 0 Å². The molecule has 0 saturated heterocycles. The van der Waals surface area contributed by atoms with Crippen LogP contribution in [0.1, 0.15) is 24.5 Å². The van der Waals surface area contributed by atoms with Gasteiger partial charge in [-0.3, -0.25) is 0 Å². The van der Waals surface area contributed by atoms with Crippen molar-refractivity contribution in [2.75, 3.05) is 6.61 Å². The molecule has 1 saturated carbocycles. The second-order valence-corrected chi connectivity index (χ2v) is 4.23. The van der Waals surface area contributed by atoms with Crippen LogP contribution in [-0.4, -0.2) is 21.7 Å². The first-order valence-electron chi connectivity index (χ1n) is 5.63. The third-order valence-electron chi connectivity index (χ3n) is 2.70. The molecule has 0 unspecified atom stereocenters. The molecule has 3 rings (SSSR count). The van der Waals surface area contributed by atoms with Crippen LogP contribution in [0, 0.1) is 12.8 Å². The van der Waals surface area contributed by atoms with Gasteiger partial charge < -0.3 is 13.7 Å². The SMILES string of the molecule is Cc1ocnc1-c1noc(COCC2CC2)n1. The maximum atomic E-state index is 5.46. The molecule has 6 heteroatoms. The van der Waals surface area contributed by atoms with Crippen LogP contribution in [0.3, 0.4) is 0 Å². The van der Waals surface area contributed by atoms with E-state index in [0.717, 1.165) is 12.5 Å². The number of hydrogen-bond donors (Lipinski definition) is 0. The summed E-state index contributed by atoms with van der Waals surface area (Å²) in [6, 6.07) is 0. The standard InChI is InChI=1S/C11H13N3O3/c1-7-10(12-6-16-7)11-13-9(17-14-11)5-15-4-8-2-3-8/h6,8H,2-5H2,1H3. The summed E-state index contributed by atoms with van der Waals surface area (Å²) in [5.74, 6) is 2.33. The normalized spacial score (nSPS) is 15.4. The van der Waals surface area contributed by atoms with Gasteiger partial charge in [0, 0.05) is 0 Å². The maximum absolute atomic E-state index is 5.46. The van der Waals surface area contributed by atoms with Crippen molar-refractivity contribution in [3.8, 4) is 11.5 Å². The van der Waals surface area contributed by atoms with Crippen molar-refractivity contribution in [3.05, 3.63) is 18.0 Å². The first-order chi connectivity index (χ1) is 8.33. The highest BCUT2D eigenvalue weighted by Crippen LogP contribution is 2.29. The highest BCUT2D eigenvalue weighted by atomic mass is 16.5. The smallest absolute Gasteiger partial charge is 0.253 e. The van der Waals surface area contributed by atoms with Gasteiger partial charge in [-0.15, -0.1) is 0 Å². The fourth-order valence-corrected chi connectivity index (χ4v) is 1.53. The average Bonchev–Trinajstić information content (AvgIpc) is 2.85. The van der Waals surface area contributed by atoms with Crippen LogP contribution in [0.4, 0.5) is 0 Å². The lowest BCUT2D eigenvalue weighted by atomic mass is 10.3. The molecule has 1 fully saturated rings. The third-order valence-corrected chi connectivity index (χ3v) is 2.70. The number of aryl methyl sites for hydroxylation is 1.